The van der Waals surface area contributed by atoms with Crippen LogP contribution in [0.25, 0.3) is 61.5 Å². The van der Waals surface area contributed by atoms with Crippen LogP contribution in [0.15, 0.2) is 121 Å². The lowest BCUT2D eigenvalue weighted by molar-refractivity contribution is 1.11. The number of aromatic nitrogens is 2. The highest BCUT2D eigenvalue weighted by atomic mass is 15.1. The summed E-state index contributed by atoms with van der Waals surface area (Å²) in [6.07, 6.45) is 0. The number of benzene rings is 5. The molecule has 2 heteroatoms. The van der Waals surface area contributed by atoms with Gasteiger partial charge in [0.25, 0.3) is 0 Å². The van der Waals surface area contributed by atoms with E-state index in [2.05, 4.69) is 126 Å². The zero-order valence-electron chi connectivity index (χ0n) is 17.9. The van der Waals surface area contributed by atoms with E-state index in [4.69, 9.17) is 4.98 Å². The van der Waals surface area contributed by atoms with E-state index in [1.54, 1.807) is 0 Å². The third-order valence-corrected chi connectivity index (χ3v) is 6.56. The molecule has 0 bridgehead atoms. The molecule has 0 atom stereocenters. The van der Waals surface area contributed by atoms with Crippen molar-refractivity contribution in [3.8, 4) is 50.5 Å². The van der Waals surface area contributed by atoms with Gasteiger partial charge in [-0.15, -0.1) is 0 Å². The van der Waals surface area contributed by atoms with Gasteiger partial charge in [-0.2, -0.15) is 0 Å². The molecule has 1 aromatic heterocycles. The van der Waals surface area contributed by atoms with Gasteiger partial charge in [-0.05, 0) is 40.5 Å². The largest absolute Gasteiger partial charge is 0.291 e. The molecule has 2 nitrogen and oxygen atoms in total. The number of hydrogen-bond acceptors (Lipinski definition) is 1. The fourth-order valence-corrected chi connectivity index (χ4v) is 5.07. The number of para-hydroxylation sites is 2. The average Bonchev–Trinajstić information content (AvgIpc) is 3.23. The summed E-state index contributed by atoms with van der Waals surface area (Å²) in [4.78, 5) is 5.10. The summed E-state index contributed by atoms with van der Waals surface area (Å²) >= 11 is 0. The molecular formula is C31H20N2. The lowest BCUT2D eigenvalue weighted by Crippen LogP contribution is -1.98. The van der Waals surface area contributed by atoms with E-state index in [0.29, 0.717) is 0 Å². The molecule has 0 fully saturated rings. The number of nitrogens with zero attached hydrogens (tertiary/aromatic N) is 2. The van der Waals surface area contributed by atoms with Crippen LogP contribution in [-0.4, -0.2) is 9.55 Å². The smallest absolute Gasteiger partial charge is 0.145 e. The van der Waals surface area contributed by atoms with Crippen molar-refractivity contribution in [1.29, 1.82) is 0 Å². The van der Waals surface area contributed by atoms with E-state index >= 15 is 0 Å². The Morgan fingerprint density at radius 1 is 0.455 bits per heavy atom. The molecule has 0 saturated heterocycles. The Kier molecular flexibility index (Phi) is 3.88. The Morgan fingerprint density at radius 3 is 1.97 bits per heavy atom. The van der Waals surface area contributed by atoms with E-state index < -0.39 is 0 Å². The summed E-state index contributed by atoms with van der Waals surface area (Å²) in [6, 6.07) is 43.1. The number of imidazole rings is 1. The predicted octanol–water partition coefficient (Wildman–Crippen LogP) is 8.01. The van der Waals surface area contributed by atoms with Crippen LogP contribution in [0.2, 0.25) is 0 Å². The summed E-state index contributed by atoms with van der Waals surface area (Å²) in [5.74, 6) is 0.974. The molecule has 6 aromatic rings. The Hall–Kier alpha value is -4.43. The van der Waals surface area contributed by atoms with E-state index in [0.717, 1.165) is 28.1 Å². The summed E-state index contributed by atoms with van der Waals surface area (Å²) in [5.41, 5.74) is 11.8. The first kappa shape index (κ1) is 18.2. The van der Waals surface area contributed by atoms with Crippen LogP contribution in [0.5, 0.6) is 0 Å². The van der Waals surface area contributed by atoms with E-state index in [9.17, 15) is 0 Å². The standard InChI is InChI=1S/C31H20N2/c1-3-10-21(11-4-1)23-18-19-24-26-15-9-16-28-30(26)33(31(32-28)22-12-5-2-6-13-22)29-17-8-7-14-25(29)27(24)20-23/h1-20H. The highest BCUT2D eigenvalue weighted by molar-refractivity contribution is 6.04. The summed E-state index contributed by atoms with van der Waals surface area (Å²) in [7, 11) is 0. The van der Waals surface area contributed by atoms with Gasteiger partial charge in [-0.25, -0.2) is 4.98 Å². The minimum absolute atomic E-state index is 0.974. The fourth-order valence-electron chi connectivity index (χ4n) is 5.07. The van der Waals surface area contributed by atoms with Crippen molar-refractivity contribution in [1.82, 2.24) is 9.55 Å². The van der Waals surface area contributed by atoms with Gasteiger partial charge >= 0.3 is 0 Å². The molecule has 0 unspecified atom stereocenters. The molecule has 33 heavy (non-hydrogen) atoms. The quantitative estimate of drug-likeness (QED) is 0.277. The average molecular weight is 421 g/mol. The van der Waals surface area contributed by atoms with E-state index in [1.165, 1.54) is 33.4 Å². The molecular weight excluding hydrogens is 400 g/mol. The lowest BCUT2D eigenvalue weighted by Gasteiger charge is -2.14. The van der Waals surface area contributed by atoms with Crippen LogP contribution in [0.3, 0.4) is 0 Å². The van der Waals surface area contributed by atoms with Gasteiger partial charge in [0.2, 0.25) is 0 Å². The van der Waals surface area contributed by atoms with Crippen molar-refractivity contribution in [3.05, 3.63) is 121 Å². The molecule has 0 amide bonds. The fraction of sp³-hybridized carbons (Fsp3) is 0. The zero-order chi connectivity index (χ0) is 21.8. The number of hydrogen-bond donors (Lipinski definition) is 0. The van der Waals surface area contributed by atoms with Crippen LogP contribution in [0, 0.1) is 0 Å². The maximum absolute atomic E-state index is 5.10. The van der Waals surface area contributed by atoms with Gasteiger partial charge in [-0.3, -0.25) is 4.57 Å². The second-order valence-electron chi connectivity index (χ2n) is 8.45. The Labute approximate surface area is 192 Å². The second-order valence-corrected chi connectivity index (χ2v) is 8.45. The normalized spacial score (nSPS) is 11.6. The topological polar surface area (TPSA) is 17.8 Å². The number of rotatable bonds is 2. The van der Waals surface area contributed by atoms with Crippen molar-refractivity contribution >= 4 is 11.0 Å². The zero-order valence-corrected chi connectivity index (χ0v) is 17.9. The van der Waals surface area contributed by atoms with Gasteiger partial charge < -0.3 is 0 Å². The van der Waals surface area contributed by atoms with Crippen molar-refractivity contribution in [2.24, 2.45) is 0 Å². The molecule has 7 rings (SSSR count). The van der Waals surface area contributed by atoms with Crippen LogP contribution >= 0.6 is 0 Å². The van der Waals surface area contributed by atoms with Crippen LogP contribution in [0.1, 0.15) is 0 Å². The molecule has 0 saturated carbocycles. The van der Waals surface area contributed by atoms with Crippen LogP contribution < -0.4 is 0 Å². The first-order valence-electron chi connectivity index (χ1n) is 11.2. The highest BCUT2D eigenvalue weighted by Gasteiger charge is 2.25. The van der Waals surface area contributed by atoms with Crippen molar-refractivity contribution < 1.29 is 0 Å². The molecule has 1 aliphatic heterocycles. The Morgan fingerprint density at radius 2 is 1.15 bits per heavy atom. The molecule has 0 aliphatic carbocycles. The van der Waals surface area contributed by atoms with Crippen molar-refractivity contribution in [2.45, 2.75) is 0 Å². The summed E-state index contributed by atoms with van der Waals surface area (Å²) in [6.45, 7) is 0. The highest BCUT2D eigenvalue weighted by Crippen LogP contribution is 2.46. The molecule has 0 spiro atoms. The maximum atomic E-state index is 5.10. The first-order chi connectivity index (χ1) is 16.4. The third-order valence-electron chi connectivity index (χ3n) is 6.56. The maximum Gasteiger partial charge on any atom is 0.145 e. The third kappa shape index (κ3) is 2.71. The molecule has 0 radical (unpaired) electrons. The Balaban J connectivity index is 1.60. The van der Waals surface area contributed by atoms with Gasteiger partial charge in [0.15, 0.2) is 0 Å². The van der Waals surface area contributed by atoms with Crippen LogP contribution in [0.4, 0.5) is 0 Å². The monoisotopic (exact) mass is 420 g/mol. The number of fused-ring (bicyclic) bond motifs is 5. The van der Waals surface area contributed by atoms with E-state index in [1.807, 2.05) is 0 Å². The van der Waals surface area contributed by atoms with Crippen LogP contribution in [-0.2, 0) is 0 Å². The van der Waals surface area contributed by atoms with Gasteiger partial charge in [0, 0.05) is 16.7 Å². The lowest BCUT2D eigenvalue weighted by atomic mass is 9.91. The second kappa shape index (κ2) is 7.04. The minimum Gasteiger partial charge on any atom is -0.291 e. The molecule has 2 heterocycles. The van der Waals surface area contributed by atoms with E-state index in [-0.39, 0.29) is 0 Å². The Bertz CT molecular complexity index is 1640. The summed E-state index contributed by atoms with van der Waals surface area (Å²) in [5, 5.41) is 0. The van der Waals surface area contributed by atoms with Gasteiger partial charge in [0.05, 0.1) is 16.7 Å². The summed E-state index contributed by atoms with van der Waals surface area (Å²) < 4.78 is 2.34. The van der Waals surface area contributed by atoms with Gasteiger partial charge in [0.1, 0.15) is 5.82 Å². The minimum atomic E-state index is 0.974. The molecule has 1 aliphatic rings. The SMILES string of the molecule is c1ccc(-c2ccc3c(c2)-c2ccccc2-n2c(-c4ccccc4)nc4cccc-3c42)cc1. The predicted molar refractivity (Wildman–Crippen MR) is 136 cm³/mol. The van der Waals surface area contributed by atoms with Gasteiger partial charge in [-0.1, -0.05) is 103 Å². The van der Waals surface area contributed by atoms with Crippen molar-refractivity contribution in [3.63, 3.8) is 0 Å². The first-order valence-corrected chi connectivity index (χ1v) is 11.2. The van der Waals surface area contributed by atoms with Crippen molar-refractivity contribution in [2.75, 3.05) is 0 Å². The molecule has 154 valence electrons. The molecule has 0 N–H and O–H groups in total. The molecule has 5 aromatic carbocycles.